The standard InChI is InChI=1S/C17H20FNO4S/c1-3-22-16-10-9-15(11-17(16)23-4-2)24(20,21)19-12-13-5-7-14(18)8-6-13/h5-11,19H,3-4,12H2,1-2H3. The minimum atomic E-state index is -3.72. The molecule has 0 aromatic heterocycles. The van der Waals surface area contributed by atoms with E-state index < -0.39 is 10.0 Å². The minimum absolute atomic E-state index is 0.0692. The van der Waals surface area contributed by atoms with Crippen molar-refractivity contribution in [3.05, 3.63) is 53.8 Å². The van der Waals surface area contributed by atoms with Crippen molar-refractivity contribution in [3.8, 4) is 11.5 Å². The summed E-state index contributed by atoms with van der Waals surface area (Å²) >= 11 is 0. The van der Waals surface area contributed by atoms with Gasteiger partial charge in [-0.1, -0.05) is 12.1 Å². The maximum absolute atomic E-state index is 12.9. The number of benzene rings is 2. The average Bonchev–Trinajstić information content (AvgIpc) is 2.56. The summed E-state index contributed by atoms with van der Waals surface area (Å²) in [5.41, 5.74) is 0.663. The highest BCUT2D eigenvalue weighted by Gasteiger charge is 2.17. The van der Waals surface area contributed by atoms with Gasteiger partial charge < -0.3 is 9.47 Å². The first-order valence-electron chi connectivity index (χ1n) is 7.60. The molecule has 2 aromatic carbocycles. The molecule has 0 saturated heterocycles. The van der Waals surface area contributed by atoms with Crippen molar-refractivity contribution < 1.29 is 22.3 Å². The van der Waals surface area contributed by atoms with Crippen molar-refractivity contribution >= 4 is 10.0 Å². The summed E-state index contributed by atoms with van der Waals surface area (Å²) in [6.07, 6.45) is 0. The zero-order chi connectivity index (χ0) is 17.6. The summed E-state index contributed by atoms with van der Waals surface area (Å²) in [6, 6.07) is 10.1. The third-order valence-electron chi connectivity index (χ3n) is 3.20. The number of rotatable bonds is 8. The molecule has 0 saturated carbocycles. The largest absolute Gasteiger partial charge is 0.490 e. The molecule has 0 fully saturated rings. The molecule has 1 N–H and O–H groups in total. The van der Waals surface area contributed by atoms with E-state index in [0.29, 0.717) is 30.3 Å². The van der Waals surface area contributed by atoms with Gasteiger partial charge in [0.1, 0.15) is 5.82 Å². The SMILES string of the molecule is CCOc1ccc(S(=O)(=O)NCc2ccc(F)cc2)cc1OCC. The third kappa shape index (κ3) is 4.69. The van der Waals surface area contributed by atoms with E-state index in [2.05, 4.69) is 4.72 Å². The number of hydrogen-bond donors (Lipinski definition) is 1. The van der Waals surface area contributed by atoms with Crippen LogP contribution >= 0.6 is 0 Å². The lowest BCUT2D eigenvalue weighted by molar-refractivity contribution is 0.287. The third-order valence-corrected chi connectivity index (χ3v) is 4.60. The Morgan fingerprint density at radius 1 is 0.958 bits per heavy atom. The Hall–Kier alpha value is -2.12. The average molecular weight is 353 g/mol. The van der Waals surface area contributed by atoms with E-state index in [9.17, 15) is 12.8 Å². The molecule has 0 spiro atoms. The molecule has 0 radical (unpaired) electrons. The predicted octanol–water partition coefficient (Wildman–Crippen LogP) is 3.10. The van der Waals surface area contributed by atoms with Crippen LogP contribution in [0.25, 0.3) is 0 Å². The Labute approximate surface area is 141 Å². The zero-order valence-corrected chi connectivity index (χ0v) is 14.4. The van der Waals surface area contributed by atoms with Gasteiger partial charge >= 0.3 is 0 Å². The Morgan fingerprint density at radius 2 is 1.58 bits per heavy atom. The molecule has 0 aliphatic rings. The second-order valence-corrected chi connectivity index (χ2v) is 6.69. The summed E-state index contributed by atoms with van der Waals surface area (Å²) in [5, 5.41) is 0. The van der Waals surface area contributed by atoms with Gasteiger partial charge in [0.2, 0.25) is 10.0 Å². The van der Waals surface area contributed by atoms with Crippen LogP contribution < -0.4 is 14.2 Å². The van der Waals surface area contributed by atoms with Crippen LogP contribution in [-0.4, -0.2) is 21.6 Å². The van der Waals surface area contributed by atoms with Crippen LogP contribution in [0.5, 0.6) is 11.5 Å². The maximum atomic E-state index is 12.9. The van der Waals surface area contributed by atoms with Gasteiger partial charge in [-0.05, 0) is 43.7 Å². The number of ether oxygens (including phenoxy) is 2. The number of halogens is 1. The molecule has 5 nitrogen and oxygen atoms in total. The molecule has 2 aromatic rings. The van der Waals surface area contributed by atoms with E-state index >= 15 is 0 Å². The van der Waals surface area contributed by atoms with Crippen LogP contribution in [-0.2, 0) is 16.6 Å². The molecule has 0 aliphatic carbocycles. The summed E-state index contributed by atoms with van der Waals surface area (Å²) in [6.45, 7) is 4.57. The van der Waals surface area contributed by atoms with Crippen LogP contribution in [0.1, 0.15) is 19.4 Å². The van der Waals surface area contributed by atoms with E-state index in [-0.39, 0.29) is 17.3 Å². The minimum Gasteiger partial charge on any atom is -0.490 e. The van der Waals surface area contributed by atoms with Crippen LogP contribution in [0.3, 0.4) is 0 Å². The molecule has 0 unspecified atom stereocenters. The zero-order valence-electron chi connectivity index (χ0n) is 13.6. The second-order valence-electron chi connectivity index (χ2n) is 4.93. The normalized spacial score (nSPS) is 11.3. The molecular formula is C17H20FNO4S. The quantitative estimate of drug-likeness (QED) is 0.792. The molecule has 2 rings (SSSR count). The van der Waals surface area contributed by atoms with Crippen LogP contribution in [0.2, 0.25) is 0 Å². The first-order valence-corrected chi connectivity index (χ1v) is 9.08. The highest BCUT2D eigenvalue weighted by Crippen LogP contribution is 2.30. The Balaban J connectivity index is 2.18. The highest BCUT2D eigenvalue weighted by molar-refractivity contribution is 7.89. The lowest BCUT2D eigenvalue weighted by Crippen LogP contribution is -2.23. The number of hydrogen-bond acceptors (Lipinski definition) is 4. The summed E-state index contributed by atoms with van der Waals surface area (Å²) in [5.74, 6) is 0.510. The fourth-order valence-corrected chi connectivity index (χ4v) is 3.10. The molecule has 0 amide bonds. The van der Waals surface area contributed by atoms with Crippen molar-refractivity contribution in [2.75, 3.05) is 13.2 Å². The Kier molecular flexibility index (Phi) is 6.16. The van der Waals surface area contributed by atoms with Gasteiger partial charge in [-0.25, -0.2) is 17.5 Å². The molecule has 130 valence electrons. The van der Waals surface area contributed by atoms with Crippen molar-refractivity contribution in [1.29, 1.82) is 0 Å². The second kappa shape index (κ2) is 8.12. The van der Waals surface area contributed by atoms with Crippen molar-refractivity contribution in [2.45, 2.75) is 25.3 Å². The van der Waals surface area contributed by atoms with Gasteiger partial charge in [-0.3, -0.25) is 0 Å². The van der Waals surface area contributed by atoms with Crippen molar-refractivity contribution in [3.63, 3.8) is 0 Å². The van der Waals surface area contributed by atoms with Gasteiger partial charge in [-0.15, -0.1) is 0 Å². The van der Waals surface area contributed by atoms with Crippen molar-refractivity contribution in [2.24, 2.45) is 0 Å². The monoisotopic (exact) mass is 353 g/mol. The Bertz CT molecular complexity index is 776. The first kappa shape index (κ1) is 18.2. The molecule has 7 heteroatoms. The van der Waals surface area contributed by atoms with E-state index in [1.54, 1.807) is 6.07 Å². The highest BCUT2D eigenvalue weighted by atomic mass is 32.2. The van der Waals surface area contributed by atoms with Gasteiger partial charge in [0.05, 0.1) is 18.1 Å². The number of nitrogens with one attached hydrogen (secondary N) is 1. The van der Waals surface area contributed by atoms with E-state index in [1.807, 2.05) is 13.8 Å². The predicted molar refractivity (Wildman–Crippen MR) is 89.2 cm³/mol. The summed E-state index contributed by atoms with van der Waals surface area (Å²) in [4.78, 5) is 0.0801. The molecule has 0 heterocycles. The fraction of sp³-hybridized carbons (Fsp3) is 0.294. The van der Waals surface area contributed by atoms with Crippen LogP contribution in [0, 0.1) is 5.82 Å². The van der Waals surface area contributed by atoms with Crippen LogP contribution in [0.4, 0.5) is 4.39 Å². The van der Waals surface area contributed by atoms with Gasteiger partial charge in [0, 0.05) is 12.6 Å². The smallest absolute Gasteiger partial charge is 0.241 e. The summed E-state index contributed by atoms with van der Waals surface area (Å²) < 4.78 is 51.1. The van der Waals surface area contributed by atoms with Crippen molar-refractivity contribution in [1.82, 2.24) is 4.72 Å². The fourth-order valence-electron chi connectivity index (χ4n) is 2.06. The van der Waals surface area contributed by atoms with E-state index in [0.717, 1.165) is 0 Å². The number of sulfonamides is 1. The molecular weight excluding hydrogens is 333 g/mol. The van der Waals surface area contributed by atoms with E-state index in [4.69, 9.17) is 9.47 Å². The molecule has 0 bridgehead atoms. The lowest BCUT2D eigenvalue weighted by atomic mass is 10.2. The van der Waals surface area contributed by atoms with Gasteiger partial charge in [0.25, 0.3) is 0 Å². The molecule has 0 aliphatic heterocycles. The Morgan fingerprint density at radius 3 is 2.21 bits per heavy atom. The summed E-state index contributed by atoms with van der Waals surface area (Å²) in [7, 11) is -3.72. The van der Waals surface area contributed by atoms with Gasteiger partial charge in [0.15, 0.2) is 11.5 Å². The first-order chi connectivity index (χ1) is 11.5. The van der Waals surface area contributed by atoms with Crippen LogP contribution in [0.15, 0.2) is 47.4 Å². The lowest BCUT2D eigenvalue weighted by Gasteiger charge is -2.13. The van der Waals surface area contributed by atoms with E-state index in [1.165, 1.54) is 36.4 Å². The van der Waals surface area contributed by atoms with Gasteiger partial charge in [-0.2, -0.15) is 0 Å². The topological polar surface area (TPSA) is 64.6 Å². The maximum Gasteiger partial charge on any atom is 0.241 e. The molecule has 0 atom stereocenters. The molecule has 24 heavy (non-hydrogen) atoms.